The predicted octanol–water partition coefficient (Wildman–Crippen LogP) is 1.37. The molecule has 3 rings (SSSR count). The molecule has 2 amide bonds. The minimum Gasteiger partial charge on any atom is -0.485 e. The van der Waals surface area contributed by atoms with Crippen molar-refractivity contribution in [1.29, 1.82) is 0 Å². The third-order valence-electron chi connectivity index (χ3n) is 3.73. The van der Waals surface area contributed by atoms with E-state index < -0.39 is 36.3 Å². The Kier molecular flexibility index (Phi) is 6.41. The van der Waals surface area contributed by atoms with Crippen LogP contribution in [0, 0.1) is 5.82 Å². The lowest BCUT2D eigenvalue weighted by Crippen LogP contribution is -2.51. The van der Waals surface area contributed by atoms with Gasteiger partial charge in [0.05, 0.1) is 0 Å². The van der Waals surface area contributed by atoms with Gasteiger partial charge in [-0.3, -0.25) is 20.4 Å². The van der Waals surface area contributed by atoms with Gasteiger partial charge in [-0.05, 0) is 35.9 Å². The van der Waals surface area contributed by atoms with Crippen molar-refractivity contribution in [3.8, 4) is 11.5 Å². The third kappa shape index (κ3) is 5.80. The molecule has 0 aliphatic carbocycles. The van der Waals surface area contributed by atoms with E-state index in [-0.39, 0.29) is 6.61 Å². The number of benzene rings is 2. The number of rotatable bonds is 5. The maximum absolute atomic E-state index is 13.0. The zero-order valence-corrected chi connectivity index (χ0v) is 15.1. The third-order valence-corrected chi connectivity index (χ3v) is 3.73. The number of carbonyl (C=O) groups is 3. The molecule has 9 heteroatoms. The Bertz CT molecular complexity index is 946. The summed E-state index contributed by atoms with van der Waals surface area (Å²) in [5, 5.41) is 0. The van der Waals surface area contributed by atoms with Crippen LogP contribution < -0.4 is 20.3 Å². The minimum absolute atomic E-state index is 0.0153. The van der Waals surface area contributed by atoms with Gasteiger partial charge >= 0.3 is 5.97 Å². The van der Waals surface area contributed by atoms with Gasteiger partial charge in [0.2, 0.25) is 6.10 Å². The smallest absolute Gasteiger partial charge is 0.331 e. The largest absolute Gasteiger partial charge is 0.485 e. The van der Waals surface area contributed by atoms with Crippen molar-refractivity contribution in [3.63, 3.8) is 0 Å². The Balaban J connectivity index is 1.38. The van der Waals surface area contributed by atoms with Crippen molar-refractivity contribution < 1.29 is 33.0 Å². The highest BCUT2D eigenvalue weighted by Crippen LogP contribution is 2.30. The standard InChI is InChI=1S/C20H17FN2O6/c21-14-5-3-4-13(10-14)8-9-19(25)28-12-18(24)22-23-20(26)17-11-27-15-6-1-2-7-16(15)29-17/h1-10,17H,11-12H2,(H,22,24)(H,23,26)/b9-8+/t17-/m1/s1. The molecule has 0 unspecified atom stereocenters. The Morgan fingerprint density at radius 1 is 1.10 bits per heavy atom. The maximum Gasteiger partial charge on any atom is 0.331 e. The van der Waals surface area contributed by atoms with E-state index in [2.05, 4.69) is 10.9 Å². The van der Waals surface area contributed by atoms with Crippen LogP contribution in [0.5, 0.6) is 11.5 Å². The highest BCUT2D eigenvalue weighted by atomic mass is 19.1. The fourth-order valence-electron chi connectivity index (χ4n) is 2.36. The van der Waals surface area contributed by atoms with E-state index in [0.29, 0.717) is 17.1 Å². The first-order chi connectivity index (χ1) is 14.0. The van der Waals surface area contributed by atoms with E-state index in [9.17, 15) is 18.8 Å². The first-order valence-corrected chi connectivity index (χ1v) is 8.59. The Morgan fingerprint density at radius 2 is 1.90 bits per heavy atom. The summed E-state index contributed by atoms with van der Waals surface area (Å²) in [5.74, 6) is -1.65. The topological polar surface area (TPSA) is 103 Å². The lowest BCUT2D eigenvalue weighted by atomic mass is 10.2. The van der Waals surface area contributed by atoms with Gasteiger partial charge in [0.25, 0.3) is 11.8 Å². The van der Waals surface area contributed by atoms with Gasteiger partial charge in [0, 0.05) is 6.08 Å². The highest BCUT2D eigenvalue weighted by Gasteiger charge is 2.27. The molecule has 1 heterocycles. The molecule has 0 fully saturated rings. The number of hydrogen-bond acceptors (Lipinski definition) is 6. The molecule has 29 heavy (non-hydrogen) atoms. The molecule has 0 radical (unpaired) electrons. The average molecular weight is 400 g/mol. The molecule has 2 aromatic rings. The van der Waals surface area contributed by atoms with Crippen LogP contribution in [0.4, 0.5) is 4.39 Å². The SMILES string of the molecule is O=C(COC(=O)/C=C/c1cccc(F)c1)NNC(=O)[C@H]1COc2ccccc2O1. The van der Waals surface area contributed by atoms with Crippen LogP contribution in [0.1, 0.15) is 5.56 Å². The van der Waals surface area contributed by atoms with Crippen molar-refractivity contribution in [2.75, 3.05) is 13.2 Å². The molecular formula is C20H17FN2O6. The van der Waals surface area contributed by atoms with E-state index in [1.165, 1.54) is 24.3 Å². The second kappa shape index (κ2) is 9.36. The van der Waals surface area contributed by atoms with Crippen molar-refractivity contribution in [3.05, 3.63) is 66.0 Å². The van der Waals surface area contributed by atoms with Crippen molar-refractivity contribution in [2.24, 2.45) is 0 Å². The highest BCUT2D eigenvalue weighted by molar-refractivity contribution is 5.90. The Labute approximate surface area is 165 Å². The van der Waals surface area contributed by atoms with Crippen LogP contribution >= 0.6 is 0 Å². The number of halogens is 1. The quantitative estimate of drug-likeness (QED) is 0.447. The van der Waals surface area contributed by atoms with E-state index in [1.807, 2.05) is 0 Å². The van der Waals surface area contributed by atoms with Crippen LogP contribution in [-0.4, -0.2) is 37.1 Å². The predicted molar refractivity (Wildman–Crippen MR) is 99.0 cm³/mol. The summed E-state index contributed by atoms with van der Waals surface area (Å²) in [4.78, 5) is 35.4. The first-order valence-electron chi connectivity index (χ1n) is 8.59. The lowest BCUT2D eigenvalue weighted by molar-refractivity contribution is -0.145. The van der Waals surface area contributed by atoms with Crippen LogP contribution in [0.15, 0.2) is 54.6 Å². The number of amides is 2. The maximum atomic E-state index is 13.0. The van der Waals surface area contributed by atoms with Gasteiger partial charge in [-0.2, -0.15) is 0 Å². The molecule has 1 aliphatic heterocycles. The van der Waals surface area contributed by atoms with Crippen molar-refractivity contribution >= 4 is 23.9 Å². The number of fused-ring (bicyclic) bond motifs is 1. The molecule has 0 saturated carbocycles. The average Bonchev–Trinajstić information content (AvgIpc) is 2.74. The van der Waals surface area contributed by atoms with Crippen molar-refractivity contribution in [1.82, 2.24) is 10.9 Å². The van der Waals surface area contributed by atoms with Crippen LogP contribution in [0.2, 0.25) is 0 Å². The number of nitrogens with one attached hydrogen (secondary N) is 2. The van der Waals surface area contributed by atoms with Gasteiger partial charge < -0.3 is 14.2 Å². The second-order valence-electron chi connectivity index (χ2n) is 5.90. The van der Waals surface area contributed by atoms with Gasteiger partial charge in [0.15, 0.2) is 18.1 Å². The summed E-state index contributed by atoms with van der Waals surface area (Å²) in [6.45, 7) is -0.629. The molecule has 1 atom stereocenters. The molecule has 0 bridgehead atoms. The number of esters is 1. The summed E-state index contributed by atoms with van der Waals surface area (Å²) >= 11 is 0. The van der Waals surface area contributed by atoms with E-state index in [4.69, 9.17) is 14.2 Å². The molecule has 8 nitrogen and oxygen atoms in total. The molecule has 0 spiro atoms. The summed E-state index contributed by atoms with van der Waals surface area (Å²) in [7, 11) is 0. The van der Waals surface area contributed by atoms with Gasteiger partial charge in [-0.1, -0.05) is 24.3 Å². The molecule has 1 aliphatic rings. The van der Waals surface area contributed by atoms with Gasteiger partial charge in [0.1, 0.15) is 12.4 Å². The van der Waals surface area contributed by atoms with Gasteiger partial charge in [-0.25, -0.2) is 9.18 Å². The summed E-state index contributed by atoms with van der Waals surface area (Å²) in [5.41, 5.74) is 4.76. The Morgan fingerprint density at radius 3 is 2.69 bits per heavy atom. The molecule has 2 aromatic carbocycles. The zero-order valence-electron chi connectivity index (χ0n) is 15.1. The summed E-state index contributed by atoms with van der Waals surface area (Å²) < 4.78 is 28.7. The summed E-state index contributed by atoms with van der Waals surface area (Å²) in [6.07, 6.45) is 1.47. The van der Waals surface area contributed by atoms with E-state index >= 15 is 0 Å². The number of ether oxygens (including phenoxy) is 3. The van der Waals surface area contributed by atoms with Crippen LogP contribution in [0.3, 0.4) is 0 Å². The molecular weight excluding hydrogens is 383 g/mol. The van der Waals surface area contributed by atoms with E-state index in [0.717, 1.165) is 6.08 Å². The Hall–Kier alpha value is -3.88. The van der Waals surface area contributed by atoms with E-state index in [1.54, 1.807) is 30.3 Å². The van der Waals surface area contributed by atoms with Crippen LogP contribution in [0.25, 0.3) is 6.08 Å². The number of hydrazine groups is 1. The first kappa shape index (κ1) is 19.9. The second-order valence-corrected chi connectivity index (χ2v) is 5.90. The molecule has 0 saturated heterocycles. The molecule has 0 aromatic heterocycles. The fraction of sp³-hybridized carbons (Fsp3) is 0.150. The number of carbonyl (C=O) groups excluding carboxylic acids is 3. The minimum atomic E-state index is -0.943. The van der Waals surface area contributed by atoms with Gasteiger partial charge in [-0.15, -0.1) is 0 Å². The fourth-order valence-corrected chi connectivity index (χ4v) is 2.36. The van der Waals surface area contributed by atoms with Crippen LogP contribution in [-0.2, 0) is 19.1 Å². The molecule has 150 valence electrons. The summed E-state index contributed by atoms with van der Waals surface area (Å²) in [6, 6.07) is 12.5. The number of para-hydroxylation sites is 2. The number of hydrogen-bond donors (Lipinski definition) is 2. The zero-order chi connectivity index (χ0) is 20.6. The lowest BCUT2D eigenvalue weighted by Gasteiger charge is -2.25. The molecule has 2 N–H and O–H groups in total. The monoisotopic (exact) mass is 400 g/mol. The normalized spacial score (nSPS) is 14.9. The van der Waals surface area contributed by atoms with Crippen molar-refractivity contribution in [2.45, 2.75) is 6.10 Å².